The molecule has 2 aliphatic rings. The molecule has 1 aromatic heterocycles. The largest absolute Gasteiger partial charge is 0.336 e. The Morgan fingerprint density at radius 2 is 2.25 bits per heavy atom. The Morgan fingerprint density at radius 1 is 1.38 bits per heavy atom. The van der Waals surface area contributed by atoms with Gasteiger partial charge < -0.3 is 9.80 Å². The Kier molecular flexibility index (Phi) is 4.00. The first-order valence-electron chi connectivity index (χ1n) is 8.36. The van der Waals surface area contributed by atoms with E-state index in [1.807, 2.05) is 17.2 Å². The number of hydrogen-bond acceptors (Lipinski definition) is 4. The number of nitrogens with zero attached hydrogens (tertiary/aromatic N) is 3. The van der Waals surface area contributed by atoms with Crippen LogP contribution in [0.25, 0.3) is 0 Å². The van der Waals surface area contributed by atoms with E-state index in [4.69, 9.17) is 0 Å². The van der Waals surface area contributed by atoms with Crippen LogP contribution in [0, 0.1) is 12.7 Å². The van der Waals surface area contributed by atoms with Gasteiger partial charge in [0.2, 0.25) is 5.91 Å². The van der Waals surface area contributed by atoms with Gasteiger partial charge >= 0.3 is 0 Å². The fourth-order valence-corrected chi connectivity index (χ4v) is 4.55. The maximum absolute atomic E-state index is 13.6. The molecule has 0 N–H and O–H groups in total. The number of halogens is 1. The zero-order chi connectivity index (χ0) is 16.7. The third-order valence-corrected chi connectivity index (χ3v) is 5.85. The fraction of sp³-hybridized carbons (Fsp3) is 0.444. The minimum absolute atomic E-state index is 0.113. The Morgan fingerprint density at radius 3 is 3.04 bits per heavy atom. The predicted octanol–water partition coefficient (Wildman–Crippen LogP) is 3.14. The number of aryl methyl sites for hydroxylation is 1. The van der Waals surface area contributed by atoms with E-state index in [9.17, 15) is 9.18 Å². The van der Waals surface area contributed by atoms with Gasteiger partial charge in [0, 0.05) is 31.2 Å². The molecule has 1 aromatic carbocycles. The summed E-state index contributed by atoms with van der Waals surface area (Å²) >= 11 is 1.58. The molecule has 4 nitrogen and oxygen atoms in total. The molecule has 0 radical (unpaired) electrons. The monoisotopic (exact) mass is 345 g/mol. The van der Waals surface area contributed by atoms with Crippen molar-refractivity contribution >= 4 is 22.4 Å². The Labute approximate surface area is 144 Å². The number of carbonyl (C=O) groups is 1. The highest BCUT2D eigenvalue weighted by Gasteiger charge is 2.36. The van der Waals surface area contributed by atoms with Gasteiger partial charge in [0.05, 0.1) is 0 Å². The Balaban J connectivity index is 1.55. The second kappa shape index (κ2) is 6.16. The van der Waals surface area contributed by atoms with Gasteiger partial charge in [0.25, 0.3) is 0 Å². The lowest BCUT2D eigenvalue weighted by Crippen LogP contribution is -2.47. The fourth-order valence-electron chi connectivity index (χ4n) is 3.83. The van der Waals surface area contributed by atoms with Crippen molar-refractivity contribution in [3.05, 3.63) is 46.2 Å². The van der Waals surface area contributed by atoms with Crippen molar-refractivity contribution < 1.29 is 9.18 Å². The van der Waals surface area contributed by atoms with Crippen molar-refractivity contribution in [3.63, 3.8) is 0 Å². The third kappa shape index (κ3) is 2.69. The van der Waals surface area contributed by atoms with Crippen LogP contribution < -0.4 is 4.90 Å². The molecule has 0 aliphatic carbocycles. The van der Waals surface area contributed by atoms with E-state index in [1.165, 1.54) is 0 Å². The number of amides is 1. The van der Waals surface area contributed by atoms with Crippen molar-refractivity contribution in [2.45, 2.75) is 38.8 Å². The van der Waals surface area contributed by atoms with Crippen LogP contribution in [0.15, 0.2) is 23.7 Å². The summed E-state index contributed by atoms with van der Waals surface area (Å²) in [6.07, 6.45) is 4.41. The minimum Gasteiger partial charge on any atom is -0.336 e. The van der Waals surface area contributed by atoms with Gasteiger partial charge in [-0.2, -0.15) is 0 Å². The summed E-state index contributed by atoms with van der Waals surface area (Å²) in [5.41, 5.74) is 3.08. The number of hydrogen-bond donors (Lipinski definition) is 0. The van der Waals surface area contributed by atoms with E-state index >= 15 is 0 Å². The van der Waals surface area contributed by atoms with Gasteiger partial charge in [-0.25, -0.2) is 9.37 Å². The molecule has 0 spiro atoms. The Bertz CT molecular complexity index is 762. The first kappa shape index (κ1) is 15.6. The van der Waals surface area contributed by atoms with Crippen LogP contribution in [-0.2, 0) is 17.8 Å². The lowest BCUT2D eigenvalue weighted by atomic mass is 9.95. The van der Waals surface area contributed by atoms with Crippen LogP contribution in [-0.4, -0.2) is 34.9 Å². The second-order valence-corrected chi connectivity index (χ2v) is 7.41. The van der Waals surface area contributed by atoms with E-state index in [0.29, 0.717) is 13.1 Å². The number of carbonyl (C=O) groups excluding carboxylic acids is 1. The van der Waals surface area contributed by atoms with Gasteiger partial charge in [0.15, 0.2) is 5.13 Å². The highest BCUT2D eigenvalue weighted by Crippen LogP contribution is 2.30. The first-order valence-corrected chi connectivity index (χ1v) is 9.24. The normalized spacial score (nSPS) is 20.3. The molecular formula is C18H20FN3OS. The summed E-state index contributed by atoms with van der Waals surface area (Å²) in [6.45, 7) is 4.06. The maximum atomic E-state index is 13.6. The summed E-state index contributed by atoms with van der Waals surface area (Å²) in [5.74, 6) is -0.00570. The number of thiazole rings is 1. The molecule has 1 fully saturated rings. The average Bonchev–Trinajstić information content (AvgIpc) is 3.24. The number of benzene rings is 1. The van der Waals surface area contributed by atoms with Crippen LogP contribution in [0.5, 0.6) is 0 Å². The van der Waals surface area contributed by atoms with E-state index in [-0.39, 0.29) is 17.8 Å². The molecule has 0 bridgehead atoms. The predicted molar refractivity (Wildman–Crippen MR) is 92.7 cm³/mol. The van der Waals surface area contributed by atoms with Gasteiger partial charge in [-0.3, -0.25) is 4.79 Å². The standard InChI is InChI=1S/C18H20FN3OS/c1-12-9-14(19)10-13-4-7-21(11-15(12)13)17(23)16-3-2-6-22(16)18-20-5-8-24-18/h5,8-10,16H,2-4,6-7,11H2,1H3. The number of anilines is 1. The zero-order valence-electron chi connectivity index (χ0n) is 13.7. The van der Waals surface area contributed by atoms with Crippen molar-refractivity contribution in [2.75, 3.05) is 18.0 Å². The second-order valence-electron chi connectivity index (χ2n) is 6.54. The molecule has 6 heteroatoms. The summed E-state index contributed by atoms with van der Waals surface area (Å²) in [6, 6.07) is 3.06. The number of rotatable bonds is 2. The van der Waals surface area contributed by atoms with Gasteiger partial charge in [-0.05, 0) is 55.0 Å². The minimum atomic E-state index is -0.184. The van der Waals surface area contributed by atoms with Crippen molar-refractivity contribution in [1.82, 2.24) is 9.88 Å². The topological polar surface area (TPSA) is 36.4 Å². The number of fused-ring (bicyclic) bond motifs is 1. The third-order valence-electron chi connectivity index (χ3n) is 5.04. The molecule has 1 saturated heterocycles. The molecule has 1 unspecified atom stereocenters. The van der Waals surface area contributed by atoms with Crippen LogP contribution in [0.2, 0.25) is 0 Å². The quantitative estimate of drug-likeness (QED) is 0.839. The molecule has 1 atom stereocenters. The SMILES string of the molecule is Cc1cc(F)cc2c1CN(C(=O)C1CCCN1c1nccs1)CC2. The van der Waals surface area contributed by atoms with E-state index in [1.54, 1.807) is 29.7 Å². The lowest BCUT2D eigenvalue weighted by molar-refractivity contribution is -0.133. The lowest BCUT2D eigenvalue weighted by Gasteiger charge is -2.34. The summed E-state index contributed by atoms with van der Waals surface area (Å²) in [7, 11) is 0. The van der Waals surface area contributed by atoms with Crippen molar-refractivity contribution in [3.8, 4) is 0 Å². The molecule has 126 valence electrons. The van der Waals surface area contributed by atoms with E-state index in [2.05, 4.69) is 9.88 Å². The van der Waals surface area contributed by atoms with E-state index in [0.717, 1.165) is 47.6 Å². The Hall–Kier alpha value is -1.95. The summed E-state index contributed by atoms with van der Waals surface area (Å²) in [4.78, 5) is 21.5. The first-order chi connectivity index (χ1) is 11.6. The van der Waals surface area contributed by atoms with Crippen LogP contribution in [0.3, 0.4) is 0 Å². The molecule has 4 rings (SSSR count). The van der Waals surface area contributed by atoms with Gasteiger partial charge in [-0.1, -0.05) is 0 Å². The van der Waals surface area contributed by atoms with Gasteiger partial charge in [0.1, 0.15) is 11.9 Å². The molecule has 24 heavy (non-hydrogen) atoms. The maximum Gasteiger partial charge on any atom is 0.245 e. The zero-order valence-corrected chi connectivity index (χ0v) is 14.5. The van der Waals surface area contributed by atoms with Crippen molar-refractivity contribution in [2.24, 2.45) is 0 Å². The highest BCUT2D eigenvalue weighted by atomic mass is 32.1. The summed E-state index contributed by atoms with van der Waals surface area (Å²) < 4.78 is 13.6. The molecule has 1 amide bonds. The van der Waals surface area contributed by atoms with Crippen LogP contribution >= 0.6 is 11.3 Å². The molecule has 0 saturated carbocycles. The molecule has 3 heterocycles. The van der Waals surface area contributed by atoms with Crippen LogP contribution in [0.4, 0.5) is 9.52 Å². The smallest absolute Gasteiger partial charge is 0.245 e. The molecule has 2 aromatic rings. The number of aromatic nitrogens is 1. The molecule has 2 aliphatic heterocycles. The van der Waals surface area contributed by atoms with Gasteiger partial charge in [-0.15, -0.1) is 11.3 Å². The highest BCUT2D eigenvalue weighted by molar-refractivity contribution is 7.13. The van der Waals surface area contributed by atoms with Crippen molar-refractivity contribution in [1.29, 1.82) is 0 Å². The average molecular weight is 345 g/mol. The van der Waals surface area contributed by atoms with Crippen LogP contribution in [0.1, 0.15) is 29.5 Å². The van der Waals surface area contributed by atoms with E-state index < -0.39 is 0 Å². The molecular weight excluding hydrogens is 325 g/mol. The summed E-state index contributed by atoms with van der Waals surface area (Å²) in [5, 5.41) is 2.88.